The van der Waals surface area contributed by atoms with Crippen LogP contribution >= 0.6 is 0 Å². The zero-order valence-electron chi connectivity index (χ0n) is 7.07. The average molecular weight is 235 g/mol. The molecule has 1 nitrogen and oxygen atoms in total. The van der Waals surface area contributed by atoms with Crippen molar-refractivity contribution in [1.82, 2.24) is 4.90 Å². The van der Waals surface area contributed by atoms with E-state index in [1.165, 1.54) is 13.0 Å². The Morgan fingerprint density at radius 1 is 1.22 bits per heavy atom. The van der Waals surface area contributed by atoms with Crippen molar-refractivity contribution in [3.63, 3.8) is 0 Å². The third-order valence-corrected chi connectivity index (χ3v) is 5.15. The number of nitrogens with zero attached hydrogens (tertiary/aromatic N) is 1. The monoisotopic (exact) mass is 236 g/mol. The molecule has 0 aromatic heterocycles. The molecule has 0 atom stereocenters. The van der Waals surface area contributed by atoms with Gasteiger partial charge in [0.1, 0.15) is 0 Å². The Morgan fingerprint density at radius 3 is 2.11 bits per heavy atom. The maximum absolute atomic E-state index is 2.47. The summed E-state index contributed by atoms with van der Waals surface area (Å²) >= 11 is -0.723. The molecule has 0 aromatic carbocycles. The summed E-state index contributed by atoms with van der Waals surface area (Å²) in [5.41, 5.74) is 0. The molecule has 0 saturated heterocycles. The van der Waals surface area contributed by atoms with Gasteiger partial charge in [-0.1, -0.05) is 0 Å². The summed E-state index contributed by atoms with van der Waals surface area (Å²) in [6.45, 7) is 1.28. The molecule has 0 spiro atoms. The van der Waals surface area contributed by atoms with E-state index in [4.69, 9.17) is 0 Å². The van der Waals surface area contributed by atoms with Gasteiger partial charge in [0.2, 0.25) is 0 Å². The van der Waals surface area contributed by atoms with E-state index in [9.17, 15) is 0 Å². The van der Waals surface area contributed by atoms with Crippen LogP contribution in [0.2, 0.25) is 14.3 Å². The summed E-state index contributed by atoms with van der Waals surface area (Å²) in [6.07, 6.45) is 1.43. The van der Waals surface area contributed by atoms with E-state index in [0.29, 0.717) is 0 Å². The third-order valence-electron chi connectivity index (χ3n) is 1.28. The van der Waals surface area contributed by atoms with Crippen molar-refractivity contribution in [1.29, 1.82) is 0 Å². The molecule has 0 heterocycles. The SMILES string of the molecule is CN(C)CC[CH2][Sn]([CH3])[CH3]. The minimum absolute atomic E-state index is 0.723. The summed E-state index contributed by atoms with van der Waals surface area (Å²) in [5.74, 6) is 0. The van der Waals surface area contributed by atoms with Gasteiger partial charge in [-0.2, -0.15) is 0 Å². The Morgan fingerprint density at radius 2 is 1.78 bits per heavy atom. The van der Waals surface area contributed by atoms with Gasteiger partial charge >= 0.3 is 66.0 Å². The molecular formula is C7H18NSn. The molecule has 0 aliphatic rings. The predicted octanol–water partition coefficient (Wildman–Crippen LogP) is 1.69. The van der Waals surface area contributed by atoms with Crippen LogP contribution in [-0.2, 0) is 0 Å². The number of hydrogen-bond donors (Lipinski definition) is 0. The molecule has 0 aromatic rings. The number of rotatable bonds is 4. The van der Waals surface area contributed by atoms with Crippen molar-refractivity contribution in [3.8, 4) is 0 Å². The van der Waals surface area contributed by atoms with E-state index in [-0.39, 0.29) is 0 Å². The Balaban J connectivity index is 2.91. The molecule has 0 saturated carbocycles. The van der Waals surface area contributed by atoms with Crippen LogP contribution in [0.4, 0.5) is 0 Å². The van der Waals surface area contributed by atoms with Crippen LogP contribution in [0, 0.1) is 0 Å². The van der Waals surface area contributed by atoms with Crippen molar-refractivity contribution >= 4 is 19.8 Å². The van der Waals surface area contributed by atoms with Gasteiger partial charge in [0, 0.05) is 0 Å². The molecule has 0 bridgehead atoms. The Bertz CT molecular complexity index is 53.9. The second kappa shape index (κ2) is 5.54. The van der Waals surface area contributed by atoms with Crippen LogP contribution in [0.5, 0.6) is 0 Å². The molecule has 1 radical (unpaired) electrons. The quantitative estimate of drug-likeness (QED) is 0.670. The Kier molecular flexibility index (Phi) is 6.00. The van der Waals surface area contributed by atoms with Gasteiger partial charge in [-0.3, -0.25) is 0 Å². The van der Waals surface area contributed by atoms with Gasteiger partial charge in [0.15, 0.2) is 0 Å². The summed E-state index contributed by atoms with van der Waals surface area (Å²) in [4.78, 5) is 7.21. The summed E-state index contributed by atoms with van der Waals surface area (Å²) in [6, 6.07) is 0. The summed E-state index contributed by atoms with van der Waals surface area (Å²) < 4.78 is 1.56. The molecule has 0 amide bonds. The molecule has 0 aliphatic carbocycles. The van der Waals surface area contributed by atoms with Crippen LogP contribution in [0.15, 0.2) is 0 Å². The fourth-order valence-electron chi connectivity index (χ4n) is 0.749. The van der Waals surface area contributed by atoms with Crippen molar-refractivity contribution < 1.29 is 0 Å². The van der Waals surface area contributed by atoms with Crippen LogP contribution < -0.4 is 0 Å². The zero-order valence-corrected chi connectivity index (χ0v) is 9.92. The fourth-order valence-corrected chi connectivity index (χ4v) is 3.22. The van der Waals surface area contributed by atoms with E-state index in [1.54, 1.807) is 4.44 Å². The average Bonchev–Trinajstić information content (AvgIpc) is 1.63. The van der Waals surface area contributed by atoms with Gasteiger partial charge < -0.3 is 0 Å². The first-order chi connectivity index (χ1) is 4.13. The van der Waals surface area contributed by atoms with Crippen molar-refractivity contribution in [2.24, 2.45) is 0 Å². The van der Waals surface area contributed by atoms with Gasteiger partial charge in [-0.15, -0.1) is 0 Å². The van der Waals surface area contributed by atoms with Crippen LogP contribution in [0.3, 0.4) is 0 Å². The Labute approximate surface area is 66.2 Å². The summed E-state index contributed by atoms with van der Waals surface area (Å²) in [5, 5.41) is 0. The van der Waals surface area contributed by atoms with Crippen molar-refractivity contribution in [2.75, 3.05) is 20.6 Å². The van der Waals surface area contributed by atoms with Crippen LogP contribution in [-0.4, -0.2) is 45.3 Å². The topological polar surface area (TPSA) is 3.24 Å². The van der Waals surface area contributed by atoms with E-state index < -0.39 is 19.8 Å². The molecule has 2 heteroatoms. The van der Waals surface area contributed by atoms with E-state index in [0.717, 1.165) is 0 Å². The van der Waals surface area contributed by atoms with Gasteiger partial charge in [-0.25, -0.2) is 0 Å². The fraction of sp³-hybridized carbons (Fsp3) is 1.00. The first-order valence-corrected chi connectivity index (χ1v) is 11.3. The second-order valence-corrected chi connectivity index (χ2v) is 11.4. The second-order valence-electron chi connectivity index (χ2n) is 3.11. The molecule has 0 fully saturated rings. The van der Waals surface area contributed by atoms with Gasteiger partial charge in [-0.05, 0) is 0 Å². The molecule has 0 N–H and O–H groups in total. The number of hydrogen-bond acceptors (Lipinski definition) is 1. The minimum atomic E-state index is -0.723. The van der Waals surface area contributed by atoms with Crippen LogP contribution in [0.1, 0.15) is 6.42 Å². The molecular weight excluding hydrogens is 217 g/mol. The normalized spacial score (nSPS) is 11.3. The Hall–Kier alpha value is 0.759. The van der Waals surface area contributed by atoms with E-state index >= 15 is 0 Å². The predicted molar refractivity (Wildman–Crippen MR) is 45.5 cm³/mol. The van der Waals surface area contributed by atoms with Gasteiger partial charge in [0.25, 0.3) is 0 Å². The molecule has 0 aliphatic heterocycles. The van der Waals surface area contributed by atoms with Gasteiger partial charge in [0.05, 0.1) is 0 Å². The van der Waals surface area contributed by atoms with E-state index in [1.807, 2.05) is 0 Å². The van der Waals surface area contributed by atoms with Crippen molar-refractivity contribution in [2.45, 2.75) is 20.7 Å². The standard InChI is InChI=1S/C5H12N.2CH3.Sn/c1-4-5-6(2)3;;;/h1,4-5H2,2-3H3;2*1H3;. The van der Waals surface area contributed by atoms with Crippen molar-refractivity contribution in [3.05, 3.63) is 0 Å². The molecule has 55 valence electrons. The van der Waals surface area contributed by atoms with E-state index in [2.05, 4.69) is 28.9 Å². The summed E-state index contributed by atoms with van der Waals surface area (Å²) in [7, 11) is 4.29. The van der Waals surface area contributed by atoms with Crippen LogP contribution in [0.25, 0.3) is 0 Å². The first kappa shape index (κ1) is 9.76. The molecule has 9 heavy (non-hydrogen) atoms. The molecule has 0 rings (SSSR count). The third kappa shape index (κ3) is 8.76. The maximum atomic E-state index is 2.47. The zero-order chi connectivity index (χ0) is 7.28. The first-order valence-electron chi connectivity index (χ1n) is 3.56. The molecule has 0 unspecified atom stereocenters.